The van der Waals surface area contributed by atoms with E-state index < -0.39 is 0 Å². The predicted octanol–water partition coefficient (Wildman–Crippen LogP) is 2.59. The molecule has 0 bridgehead atoms. The van der Waals surface area contributed by atoms with Gasteiger partial charge in [-0.2, -0.15) is 10.2 Å². The van der Waals surface area contributed by atoms with E-state index in [1.807, 2.05) is 0 Å². The summed E-state index contributed by atoms with van der Waals surface area (Å²) in [4.78, 5) is 0. The highest BCUT2D eigenvalue weighted by Crippen LogP contribution is 2.02. The van der Waals surface area contributed by atoms with Gasteiger partial charge in [-0.3, -0.25) is 0 Å². The van der Waals surface area contributed by atoms with Crippen LogP contribution in [0.3, 0.4) is 0 Å². The molecule has 0 saturated heterocycles. The Labute approximate surface area is 109 Å². The molecule has 2 N–H and O–H groups in total. The molecule has 0 heterocycles. The Hall–Kier alpha value is -2.40. The van der Waals surface area contributed by atoms with Gasteiger partial charge in [0.25, 0.3) is 0 Å². The van der Waals surface area contributed by atoms with Gasteiger partial charge in [-0.05, 0) is 35.4 Å². The molecule has 3 nitrogen and oxygen atoms in total. The number of rotatable bonds is 3. The molecule has 2 aromatic carbocycles. The molecule has 0 aliphatic carbocycles. The SMILES string of the molecule is Fc1cccc(/C=N/N=C/c2cccc(F)c2)c1.O. The van der Waals surface area contributed by atoms with Crippen LogP contribution in [-0.4, -0.2) is 17.9 Å². The highest BCUT2D eigenvalue weighted by atomic mass is 19.1. The van der Waals surface area contributed by atoms with Crippen molar-refractivity contribution >= 4 is 12.4 Å². The zero-order chi connectivity index (χ0) is 12.8. The molecular formula is C14H12F2N2O. The first-order valence-corrected chi connectivity index (χ1v) is 5.31. The molecule has 2 rings (SSSR count). The summed E-state index contributed by atoms with van der Waals surface area (Å²) < 4.78 is 25.7. The van der Waals surface area contributed by atoms with Crippen LogP contribution < -0.4 is 0 Å². The van der Waals surface area contributed by atoms with Crippen molar-refractivity contribution in [1.29, 1.82) is 0 Å². The zero-order valence-electron chi connectivity index (χ0n) is 9.92. The van der Waals surface area contributed by atoms with Crippen molar-refractivity contribution < 1.29 is 14.3 Å². The molecule has 0 saturated carbocycles. The predicted molar refractivity (Wildman–Crippen MR) is 71.6 cm³/mol. The molecule has 5 heteroatoms. The second-order valence-electron chi connectivity index (χ2n) is 3.60. The Morgan fingerprint density at radius 3 is 1.53 bits per heavy atom. The van der Waals surface area contributed by atoms with Crippen molar-refractivity contribution in [2.45, 2.75) is 0 Å². The lowest BCUT2D eigenvalue weighted by molar-refractivity contribution is 0.627. The van der Waals surface area contributed by atoms with Crippen molar-refractivity contribution in [1.82, 2.24) is 0 Å². The lowest BCUT2D eigenvalue weighted by Gasteiger charge is -1.91. The molecule has 0 spiro atoms. The molecule has 98 valence electrons. The van der Waals surface area contributed by atoms with Gasteiger partial charge in [0.15, 0.2) is 0 Å². The van der Waals surface area contributed by atoms with Crippen LogP contribution in [0.4, 0.5) is 8.78 Å². The smallest absolute Gasteiger partial charge is 0.123 e. The van der Waals surface area contributed by atoms with Crippen LogP contribution in [0.2, 0.25) is 0 Å². The average Bonchev–Trinajstić information content (AvgIpc) is 2.35. The molecule has 0 aromatic heterocycles. The normalized spacial score (nSPS) is 10.8. The maximum Gasteiger partial charge on any atom is 0.123 e. The van der Waals surface area contributed by atoms with E-state index in [0.717, 1.165) is 0 Å². The monoisotopic (exact) mass is 262 g/mol. The van der Waals surface area contributed by atoms with Gasteiger partial charge < -0.3 is 5.48 Å². The summed E-state index contributed by atoms with van der Waals surface area (Å²) >= 11 is 0. The van der Waals surface area contributed by atoms with Gasteiger partial charge in [-0.15, -0.1) is 0 Å². The van der Waals surface area contributed by atoms with Crippen LogP contribution in [0.15, 0.2) is 58.7 Å². The quantitative estimate of drug-likeness (QED) is 0.603. The van der Waals surface area contributed by atoms with Crippen LogP contribution in [0.1, 0.15) is 11.1 Å². The van der Waals surface area contributed by atoms with Gasteiger partial charge in [-0.1, -0.05) is 24.3 Å². The Morgan fingerprint density at radius 2 is 1.16 bits per heavy atom. The Morgan fingerprint density at radius 1 is 0.737 bits per heavy atom. The van der Waals surface area contributed by atoms with E-state index in [0.29, 0.717) is 11.1 Å². The fourth-order valence-corrected chi connectivity index (χ4v) is 1.37. The second-order valence-corrected chi connectivity index (χ2v) is 3.60. The first kappa shape index (κ1) is 14.7. The summed E-state index contributed by atoms with van der Waals surface area (Å²) in [5.41, 5.74) is 1.23. The molecule has 0 fully saturated rings. The van der Waals surface area contributed by atoms with E-state index in [4.69, 9.17) is 0 Å². The molecule has 0 amide bonds. The molecular weight excluding hydrogens is 250 g/mol. The third-order valence-corrected chi connectivity index (χ3v) is 2.18. The molecule has 0 unspecified atom stereocenters. The molecule has 0 aliphatic rings. The summed E-state index contributed by atoms with van der Waals surface area (Å²) in [5.74, 6) is -0.652. The summed E-state index contributed by atoms with van der Waals surface area (Å²) in [6.45, 7) is 0. The summed E-state index contributed by atoms with van der Waals surface area (Å²) in [6, 6.07) is 12.0. The van der Waals surface area contributed by atoms with Crippen molar-refractivity contribution in [3.63, 3.8) is 0 Å². The van der Waals surface area contributed by atoms with Gasteiger partial charge in [0.05, 0.1) is 12.4 Å². The molecule has 19 heavy (non-hydrogen) atoms. The summed E-state index contributed by atoms with van der Waals surface area (Å²) in [5, 5.41) is 7.53. The maximum absolute atomic E-state index is 12.8. The number of nitrogens with zero attached hydrogens (tertiary/aromatic N) is 2. The average molecular weight is 262 g/mol. The van der Waals surface area contributed by atoms with Gasteiger partial charge >= 0.3 is 0 Å². The van der Waals surface area contributed by atoms with Crippen LogP contribution in [0.5, 0.6) is 0 Å². The first-order chi connectivity index (χ1) is 8.74. The lowest BCUT2D eigenvalue weighted by atomic mass is 10.2. The lowest BCUT2D eigenvalue weighted by Crippen LogP contribution is -1.83. The van der Waals surface area contributed by atoms with Crippen molar-refractivity contribution in [3.05, 3.63) is 71.3 Å². The van der Waals surface area contributed by atoms with Gasteiger partial charge in [0.1, 0.15) is 11.6 Å². The third-order valence-electron chi connectivity index (χ3n) is 2.18. The minimum atomic E-state index is -0.326. The molecule has 0 radical (unpaired) electrons. The second kappa shape index (κ2) is 7.13. The highest BCUT2D eigenvalue weighted by Gasteiger charge is 1.91. The van der Waals surface area contributed by atoms with Crippen LogP contribution in [0.25, 0.3) is 0 Å². The number of benzene rings is 2. The van der Waals surface area contributed by atoms with Crippen LogP contribution in [0, 0.1) is 11.6 Å². The van der Waals surface area contributed by atoms with Crippen LogP contribution in [-0.2, 0) is 0 Å². The molecule has 0 atom stereocenters. The minimum Gasteiger partial charge on any atom is -0.412 e. The van der Waals surface area contributed by atoms with E-state index in [-0.39, 0.29) is 17.1 Å². The fourth-order valence-electron chi connectivity index (χ4n) is 1.37. The highest BCUT2D eigenvalue weighted by molar-refractivity contribution is 5.82. The van der Waals surface area contributed by atoms with Crippen molar-refractivity contribution in [3.8, 4) is 0 Å². The van der Waals surface area contributed by atoms with Gasteiger partial charge in [-0.25, -0.2) is 8.78 Å². The van der Waals surface area contributed by atoms with E-state index in [1.54, 1.807) is 24.3 Å². The van der Waals surface area contributed by atoms with E-state index >= 15 is 0 Å². The Balaban J connectivity index is 0.00000180. The maximum atomic E-state index is 12.8. The summed E-state index contributed by atoms with van der Waals surface area (Å²) in [7, 11) is 0. The number of halogens is 2. The fraction of sp³-hybridized carbons (Fsp3) is 0. The van der Waals surface area contributed by atoms with Gasteiger partial charge in [0.2, 0.25) is 0 Å². The van der Waals surface area contributed by atoms with E-state index in [1.165, 1.54) is 36.7 Å². The van der Waals surface area contributed by atoms with Crippen LogP contribution >= 0.6 is 0 Å². The van der Waals surface area contributed by atoms with Crippen molar-refractivity contribution in [2.24, 2.45) is 10.2 Å². The molecule has 0 aliphatic heterocycles. The number of hydrogen-bond acceptors (Lipinski definition) is 2. The zero-order valence-corrected chi connectivity index (χ0v) is 9.92. The minimum absolute atomic E-state index is 0. The number of hydrogen-bond donors (Lipinski definition) is 0. The van der Waals surface area contributed by atoms with E-state index in [2.05, 4.69) is 10.2 Å². The molecule has 2 aromatic rings. The Kier molecular flexibility index (Phi) is 5.50. The van der Waals surface area contributed by atoms with Gasteiger partial charge in [0, 0.05) is 0 Å². The Bertz CT molecular complexity index is 544. The summed E-state index contributed by atoms with van der Waals surface area (Å²) in [6.07, 6.45) is 2.86. The third kappa shape index (κ3) is 4.77. The largest absolute Gasteiger partial charge is 0.412 e. The standard InChI is InChI=1S/C14H10F2N2.H2O/c15-13-5-1-3-11(7-13)9-17-18-10-12-4-2-6-14(16)8-12;/h1-10H;1H2/b17-9+,18-10+;. The van der Waals surface area contributed by atoms with E-state index in [9.17, 15) is 8.78 Å². The topological polar surface area (TPSA) is 56.2 Å². The van der Waals surface area contributed by atoms with Crippen molar-refractivity contribution in [2.75, 3.05) is 0 Å². The first-order valence-electron chi connectivity index (χ1n) is 5.31.